The molecule has 8 heteroatoms. The van der Waals surface area contributed by atoms with Crippen LogP contribution in [0.5, 0.6) is 5.75 Å². The lowest BCUT2D eigenvalue weighted by atomic mass is 10.0. The predicted octanol–water partition coefficient (Wildman–Crippen LogP) is 7.60. The van der Waals surface area contributed by atoms with Gasteiger partial charge in [0.05, 0.1) is 29.2 Å². The van der Waals surface area contributed by atoms with Gasteiger partial charge in [-0.1, -0.05) is 39.0 Å². The van der Waals surface area contributed by atoms with Crippen LogP contribution >= 0.6 is 11.3 Å². The van der Waals surface area contributed by atoms with Crippen molar-refractivity contribution in [2.45, 2.75) is 77.7 Å². The van der Waals surface area contributed by atoms with Crippen molar-refractivity contribution in [3.05, 3.63) is 59.3 Å². The number of benzene rings is 2. The van der Waals surface area contributed by atoms with Gasteiger partial charge in [0.1, 0.15) is 16.8 Å². The minimum Gasteiger partial charge on any atom is -0.490 e. The van der Waals surface area contributed by atoms with E-state index < -0.39 is 8.32 Å². The average molecular weight is 574 g/mol. The van der Waals surface area contributed by atoms with E-state index in [-0.39, 0.29) is 23.1 Å². The van der Waals surface area contributed by atoms with Crippen molar-refractivity contribution >= 4 is 25.6 Å². The first-order valence-electron chi connectivity index (χ1n) is 14.1. The number of aromatic nitrogens is 1. The van der Waals surface area contributed by atoms with E-state index in [2.05, 4.69) is 63.0 Å². The van der Waals surface area contributed by atoms with E-state index in [0.717, 1.165) is 21.9 Å². The monoisotopic (exact) mass is 573 g/mol. The van der Waals surface area contributed by atoms with Crippen molar-refractivity contribution in [1.82, 2.24) is 9.88 Å². The van der Waals surface area contributed by atoms with Crippen LogP contribution in [0.15, 0.2) is 42.6 Å². The third-order valence-corrected chi connectivity index (χ3v) is 14.2. The summed E-state index contributed by atoms with van der Waals surface area (Å²) in [5, 5.41) is 10.7. The Morgan fingerprint density at radius 2 is 1.98 bits per heavy atom. The molecule has 2 aromatic carbocycles. The second kappa shape index (κ2) is 10.8. The molecule has 6 nitrogen and oxygen atoms in total. The molecule has 1 saturated heterocycles. The van der Waals surface area contributed by atoms with Crippen LogP contribution < -0.4 is 4.74 Å². The second-order valence-electron chi connectivity index (χ2n) is 12.7. The largest absolute Gasteiger partial charge is 0.490 e. The number of rotatable bonds is 8. The highest BCUT2D eigenvalue weighted by Gasteiger charge is 2.46. The van der Waals surface area contributed by atoms with E-state index in [0.29, 0.717) is 36.8 Å². The molecule has 40 heavy (non-hydrogen) atoms. The number of thiazole rings is 1. The van der Waals surface area contributed by atoms with Gasteiger partial charge in [-0.15, -0.1) is 11.3 Å². The minimum absolute atomic E-state index is 0.0000122. The molecule has 3 aromatic rings. The highest BCUT2D eigenvalue weighted by Crippen LogP contribution is 2.50. The third kappa shape index (κ3) is 5.35. The standard InChI is InChI=1S/C32H39N3O3SSi/c1-20(2)38-27-12-11-21(15-23(27)18-33)31-34-19-28(39-31)24-9-8-10-25-26(24)16-22-17-29(36)35(30(22)25)13-14-37-40(6,7)32(3,4)5/h8-12,15,19-20,22,30H,13-14,16-17H2,1-7H3. The Hall–Kier alpha value is -2.99. The van der Waals surface area contributed by atoms with Gasteiger partial charge in [0, 0.05) is 24.7 Å². The number of carbonyl (C=O) groups is 1. The molecule has 0 N–H and O–H groups in total. The summed E-state index contributed by atoms with van der Waals surface area (Å²) in [5.74, 6) is 1.14. The van der Waals surface area contributed by atoms with E-state index in [4.69, 9.17) is 14.1 Å². The molecular weight excluding hydrogens is 535 g/mol. The summed E-state index contributed by atoms with van der Waals surface area (Å²) in [7, 11) is -1.87. The quantitative estimate of drug-likeness (QED) is 0.259. The van der Waals surface area contributed by atoms with Crippen molar-refractivity contribution in [3.63, 3.8) is 0 Å². The number of fused-ring (bicyclic) bond motifs is 3. The van der Waals surface area contributed by atoms with Gasteiger partial charge < -0.3 is 14.1 Å². The first kappa shape index (κ1) is 28.5. The second-order valence-corrected chi connectivity index (χ2v) is 18.5. The maximum Gasteiger partial charge on any atom is 0.223 e. The molecule has 5 rings (SSSR count). The summed E-state index contributed by atoms with van der Waals surface area (Å²) in [5.41, 5.74) is 5.21. The van der Waals surface area contributed by atoms with E-state index in [1.54, 1.807) is 11.3 Å². The molecule has 2 aliphatic rings. The fourth-order valence-electron chi connectivity index (χ4n) is 5.59. The highest BCUT2D eigenvalue weighted by atomic mass is 32.1. The van der Waals surface area contributed by atoms with Crippen LogP contribution in [-0.2, 0) is 15.6 Å². The lowest BCUT2D eigenvalue weighted by Crippen LogP contribution is -2.43. The van der Waals surface area contributed by atoms with Crippen molar-refractivity contribution < 1.29 is 14.0 Å². The van der Waals surface area contributed by atoms with Gasteiger partial charge in [-0.3, -0.25) is 4.79 Å². The maximum atomic E-state index is 13.0. The molecule has 0 bridgehead atoms. The number of carbonyl (C=O) groups excluding carboxylic acids is 1. The molecule has 1 aliphatic carbocycles. The lowest BCUT2D eigenvalue weighted by molar-refractivity contribution is -0.129. The Morgan fingerprint density at radius 3 is 2.67 bits per heavy atom. The third-order valence-electron chi connectivity index (χ3n) is 8.62. The fourth-order valence-corrected chi connectivity index (χ4v) is 7.59. The summed E-state index contributed by atoms with van der Waals surface area (Å²) in [6.07, 6.45) is 3.42. The first-order chi connectivity index (χ1) is 18.9. The summed E-state index contributed by atoms with van der Waals surface area (Å²) in [6.45, 7) is 16.4. The van der Waals surface area contributed by atoms with Crippen LogP contribution in [0.2, 0.25) is 18.1 Å². The normalized spacial score (nSPS) is 18.7. The number of hydrogen-bond donors (Lipinski definition) is 0. The van der Waals surface area contributed by atoms with E-state index >= 15 is 0 Å². The van der Waals surface area contributed by atoms with Crippen LogP contribution in [0.3, 0.4) is 0 Å². The Bertz CT molecular complexity index is 1470. The SMILES string of the molecule is CC(C)Oc1ccc(-c2ncc(-c3cccc4c3CC3CC(=O)N(CCO[Si](C)(C)C(C)(C)C)C43)s2)cc1C#N. The molecule has 2 unspecified atom stereocenters. The predicted molar refractivity (Wildman–Crippen MR) is 163 cm³/mol. The van der Waals surface area contributed by atoms with Crippen molar-refractivity contribution in [3.8, 4) is 32.8 Å². The van der Waals surface area contributed by atoms with Crippen molar-refractivity contribution in [2.24, 2.45) is 5.92 Å². The number of hydrogen-bond acceptors (Lipinski definition) is 6. The van der Waals surface area contributed by atoms with Gasteiger partial charge in [0.25, 0.3) is 0 Å². The zero-order valence-corrected chi connectivity index (χ0v) is 26.4. The molecule has 0 spiro atoms. The van der Waals surface area contributed by atoms with E-state index in [1.807, 2.05) is 38.2 Å². The molecule has 0 radical (unpaired) electrons. The zero-order valence-electron chi connectivity index (χ0n) is 24.6. The summed E-state index contributed by atoms with van der Waals surface area (Å²) in [4.78, 5) is 20.9. The molecule has 1 fully saturated rings. The maximum absolute atomic E-state index is 13.0. The molecular formula is C32H39N3O3SSi. The topological polar surface area (TPSA) is 75.4 Å². The number of nitriles is 1. The Balaban J connectivity index is 1.38. The van der Waals surface area contributed by atoms with E-state index in [9.17, 15) is 10.1 Å². The molecule has 1 aliphatic heterocycles. The van der Waals surface area contributed by atoms with Gasteiger partial charge >= 0.3 is 0 Å². The number of nitrogens with zero attached hydrogens (tertiary/aromatic N) is 3. The molecule has 210 valence electrons. The van der Waals surface area contributed by atoms with E-state index in [1.165, 1.54) is 16.7 Å². The minimum atomic E-state index is -1.87. The van der Waals surface area contributed by atoms with Gasteiger partial charge in [-0.2, -0.15) is 5.26 Å². The summed E-state index contributed by atoms with van der Waals surface area (Å²) < 4.78 is 12.2. The van der Waals surface area contributed by atoms with Gasteiger partial charge in [-0.25, -0.2) is 4.98 Å². The van der Waals surface area contributed by atoms with Crippen molar-refractivity contribution in [1.29, 1.82) is 5.26 Å². The van der Waals surface area contributed by atoms with Gasteiger partial charge in [0.15, 0.2) is 8.32 Å². The number of amides is 1. The Morgan fingerprint density at radius 1 is 1.20 bits per heavy atom. The lowest BCUT2D eigenvalue weighted by Gasteiger charge is -2.37. The number of ether oxygens (including phenoxy) is 1. The molecule has 2 heterocycles. The van der Waals surface area contributed by atoms with Gasteiger partial charge in [0.2, 0.25) is 5.91 Å². The van der Waals surface area contributed by atoms with Crippen molar-refractivity contribution in [2.75, 3.05) is 13.2 Å². The van der Waals surface area contributed by atoms with Crippen LogP contribution in [0.4, 0.5) is 0 Å². The summed E-state index contributed by atoms with van der Waals surface area (Å²) >= 11 is 1.64. The zero-order chi connectivity index (χ0) is 28.8. The first-order valence-corrected chi connectivity index (χ1v) is 17.8. The molecule has 0 saturated carbocycles. The molecule has 1 amide bonds. The highest BCUT2D eigenvalue weighted by molar-refractivity contribution is 7.18. The van der Waals surface area contributed by atoms with Crippen LogP contribution in [0, 0.1) is 17.2 Å². The average Bonchev–Trinajstić information content (AvgIpc) is 3.58. The fraction of sp³-hybridized carbons (Fsp3) is 0.469. The number of likely N-dealkylation sites (tertiary alicyclic amines) is 1. The molecule has 2 atom stereocenters. The Labute approximate surface area is 243 Å². The van der Waals surface area contributed by atoms with Crippen LogP contribution in [-0.4, -0.2) is 43.4 Å². The molecule has 1 aromatic heterocycles. The van der Waals surface area contributed by atoms with Gasteiger partial charge in [-0.05, 0) is 79.2 Å². The summed E-state index contributed by atoms with van der Waals surface area (Å²) in [6, 6.07) is 14.5. The smallest absolute Gasteiger partial charge is 0.223 e. The Kier molecular flexibility index (Phi) is 7.68. The van der Waals surface area contributed by atoms with Crippen LogP contribution in [0.25, 0.3) is 21.0 Å². The van der Waals surface area contributed by atoms with Crippen LogP contribution in [0.1, 0.15) is 63.8 Å².